The van der Waals surface area contributed by atoms with Crippen molar-refractivity contribution in [1.82, 2.24) is 25.1 Å². The molecule has 0 aliphatic carbocycles. The predicted octanol–water partition coefficient (Wildman–Crippen LogP) is -0.812. The van der Waals surface area contributed by atoms with E-state index in [9.17, 15) is 4.79 Å². The van der Waals surface area contributed by atoms with Crippen molar-refractivity contribution >= 4 is 6.41 Å². The van der Waals surface area contributed by atoms with E-state index in [1.54, 1.807) is 11.9 Å². The molecule has 1 rings (SSSR count). The van der Waals surface area contributed by atoms with Gasteiger partial charge in [0.1, 0.15) is 0 Å². The van der Waals surface area contributed by atoms with Crippen molar-refractivity contribution < 1.29 is 4.79 Å². The van der Waals surface area contributed by atoms with Gasteiger partial charge in [0.05, 0.1) is 13.6 Å². The van der Waals surface area contributed by atoms with Gasteiger partial charge in [-0.2, -0.15) is 4.80 Å². The second kappa shape index (κ2) is 3.80. The Kier molecular flexibility index (Phi) is 2.73. The predicted molar refractivity (Wildman–Crippen MR) is 40.9 cm³/mol. The van der Waals surface area contributed by atoms with Crippen LogP contribution in [0.2, 0.25) is 0 Å². The fourth-order valence-corrected chi connectivity index (χ4v) is 0.792. The molecule has 1 aromatic heterocycles. The number of carbonyl (C=O) groups excluding carboxylic acids is 1. The molecule has 66 valence electrons. The van der Waals surface area contributed by atoms with Crippen molar-refractivity contribution in [3.8, 4) is 0 Å². The Hall–Kier alpha value is -1.46. The summed E-state index contributed by atoms with van der Waals surface area (Å²) < 4.78 is 0. The lowest BCUT2D eigenvalue weighted by Crippen LogP contribution is -2.21. The van der Waals surface area contributed by atoms with Gasteiger partial charge >= 0.3 is 0 Å². The van der Waals surface area contributed by atoms with Crippen molar-refractivity contribution in [2.75, 3.05) is 6.54 Å². The molecule has 0 saturated carbocycles. The number of nitrogens with zero attached hydrogens (tertiary/aromatic N) is 5. The minimum Gasteiger partial charge on any atom is -0.338 e. The Morgan fingerprint density at radius 1 is 1.67 bits per heavy atom. The third-order valence-corrected chi connectivity index (χ3v) is 1.45. The molecular weight excluding hydrogens is 158 g/mol. The molecule has 0 bridgehead atoms. The molecule has 12 heavy (non-hydrogen) atoms. The third kappa shape index (κ3) is 2.01. The van der Waals surface area contributed by atoms with Crippen LogP contribution in [-0.4, -0.2) is 38.1 Å². The molecule has 1 amide bonds. The minimum absolute atomic E-state index is 0.424. The summed E-state index contributed by atoms with van der Waals surface area (Å²) in [4.78, 5) is 13.3. The zero-order valence-corrected chi connectivity index (χ0v) is 7.14. The molecule has 0 aliphatic heterocycles. The molecule has 0 aromatic carbocycles. The van der Waals surface area contributed by atoms with E-state index in [-0.39, 0.29) is 0 Å². The fourth-order valence-electron chi connectivity index (χ4n) is 0.792. The van der Waals surface area contributed by atoms with Gasteiger partial charge in [0.2, 0.25) is 6.41 Å². The first-order valence-corrected chi connectivity index (χ1v) is 3.68. The molecule has 6 heteroatoms. The lowest BCUT2D eigenvalue weighted by molar-refractivity contribution is -0.118. The molecule has 1 heterocycles. The molecule has 0 saturated heterocycles. The number of aromatic nitrogens is 4. The number of hydrogen-bond acceptors (Lipinski definition) is 4. The zero-order valence-electron chi connectivity index (χ0n) is 7.14. The van der Waals surface area contributed by atoms with Gasteiger partial charge in [-0.05, 0) is 12.1 Å². The first-order valence-electron chi connectivity index (χ1n) is 3.68. The third-order valence-electron chi connectivity index (χ3n) is 1.45. The van der Waals surface area contributed by atoms with Crippen LogP contribution in [0.3, 0.4) is 0 Å². The maximum atomic E-state index is 10.4. The molecule has 0 unspecified atom stereocenters. The standard InChI is InChI=1S/C6H11N5O/c1-3-11(5-12)4-6-7-9-10(2)8-6/h5H,3-4H2,1-2H3. The van der Waals surface area contributed by atoms with E-state index in [1.807, 2.05) is 6.92 Å². The van der Waals surface area contributed by atoms with E-state index in [1.165, 1.54) is 4.80 Å². The molecule has 1 aromatic rings. The Morgan fingerprint density at radius 2 is 2.42 bits per heavy atom. The van der Waals surface area contributed by atoms with Crippen LogP contribution in [0.4, 0.5) is 0 Å². The van der Waals surface area contributed by atoms with Crippen LogP contribution in [0.1, 0.15) is 12.7 Å². The number of carbonyl (C=O) groups is 1. The van der Waals surface area contributed by atoms with Crippen LogP contribution in [-0.2, 0) is 18.4 Å². The van der Waals surface area contributed by atoms with Gasteiger partial charge in [-0.15, -0.1) is 10.2 Å². The number of amides is 1. The maximum Gasteiger partial charge on any atom is 0.210 e. The van der Waals surface area contributed by atoms with Gasteiger partial charge < -0.3 is 4.90 Å². The second-order valence-electron chi connectivity index (χ2n) is 2.36. The van der Waals surface area contributed by atoms with Gasteiger partial charge in [0.25, 0.3) is 0 Å². The zero-order chi connectivity index (χ0) is 8.97. The minimum atomic E-state index is 0.424. The lowest BCUT2D eigenvalue weighted by atomic mass is 10.5. The topological polar surface area (TPSA) is 63.9 Å². The van der Waals surface area contributed by atoms with Gasteiger partial charge in [-0.1, -0.05) is 0 Å². The highest BCUT2D eigenvalue weighted by molar-refractivity contribution is 5.46. The summed E-state index contributed by atoms with van der Waals surface area (Å²) in [5.41, 5.74) is 0. The van der Waals surface area contributed by atoms with E-state index >= 15 is 0 Å². The molecule has 0 spiro atoms. The van der Waals surface area contributed by atoms with Gasteiger partial charge in [0.15, 0.2) is 5.82 Å². The van der Waals surface area contributed by atoms with Crippen LogP contribution >= 0.6 is 0 Å². The van der Waals surface area contributed by atoms with Crippen LogP contribution in [0.15, 0.2) is 0 Å². The Bertz CT molecular complexity index is 258. The summed E-state index contributed by atoms with van der Waals surface area (Å²) in [7, 11) is 1.69. The first kappa shape index (κ1) is 8.63. The van der Waals surface area contributed by atoms with Crippen molar-refractivity contribution in [2.45, 2.75) is 13.5 Å². The maximum absolute atomic E-state index is 10.4. The van der Waals surface area contributed by atoms with E-state index < -0.39 is 0 Å². The van der Waals surface area contributed by atoms with Crippen molar-refractivity contribution in [3.63, 3.8) is 0 Å². The normalized spacial score (nSPS) is 9.83. The van der Waals surface area contributed by atoms with Crippen molar-refractivity contribution in [1.29, 1.82) is 0 Å². The summed E-state index contributed by atoms with van der Waals surface area (Å²) in [5, 5.41) is 11.3. The van der Waals surface area contributed by atoms with Crippen LogP contribution < -0.4 is 0 Å². The highest BCUT2D eigenvalue weighted by Crippen LogP contribution is 1.92. The molecular formula is C6H11N5O. The Labute approximate surface area is 70.2 Å². The molecule has 0 radical (unpaired) electrons. The SMILES string of the molecule is CCN(C=O)Cc1nnn(C)n1. The number of tetrazole rings is 1. The van der Waals surface area contributed by atoms with Crippen LogP contribution in [0.25, 0.3) is 0 Å². The molecule has 0 aliphatic rings. The number of aryl methyl sites for hydroxylation is 1. The van der Waals surface area contributed by atoms with Crippen molar-refractivity contribution in [2.24, 2.45) is 7.05 Å². The van der Waals surface area contributed by atoms with Gasteiger partial charge in [-0.3, -0.25) is 4.79 Å². The number of hydrogen-bond donors (Lipinski definition) is 0. The van der Waals surface area contributed by atoms with Gasteiger partial charge in [0, 0.05) is 6.54 Å². The molecule has 0 N–H and O–H groups in total. The average Bonchev–Trinajstić information content (AvgIpc) is 2.47. The average molecular weight is 169 g/mol. The van der Waals surface area contributed by atoms with E-state index in [2.05, 4.69) is 15.4 Å². The van der Waals surface area contributed by atoms with E-state index in [0.717, 1.165) is 6.41 Å². The summed E-state index contributed by atoms with van der Waals surface area (Å²) in [5.74, 6) is 0.562. The van der Waals surface area contributed by atoms with Crippen LogP contribution in [0.5, 0.6) is 0 Å². The summed E-state index contributed by atoms with van der Waals surface area (Å²) in [6.07, 6.45) is 0.774. The van der Waals surface area contributed by atoms with Crippen molar-refractivity contribution in [3.05, 3.63) is 5.82 Å². The summed E-state index contributed by atoms with van der Waals surface area (Å²) >= 11 is 0. The molecule has 0 atom stereocenters. The first-order chi connectivity index (χ1) is 5.76. The fraction of sp³-hybridized carbons (Fsp3) is 0.667. The molecule has 6 nitrogen and oxygen atoms in total. The van der Waals surface area contributed by atoms with Gasteiger partial charge in [-0.25, -0.2) is 0 Å². The quantitative estimate of drug-likeness (QED) is 0.553. The Balaban J connectivity index is 2.56. The Morgan fingerprint density at radius 3 is 2.83 bits per heavy atom. The largest absolute Gasteiger partial charge is 0.338 e. The number of rotatable bonds is 4. The summed E-state index contributed by atoms with van der Waals surface area (Å²) in [6, 6.07) is 0. The highest BCUT2D eigenvalue weighted by atomic mass is 16.1. The summed E-state index contributed by atoms with van der Waals surface area (Å²) in [6.45, 7) is 2.97. The molecule has 0 fully saturated rings. The second-order valence-corrected chi connectivity index (χ2v) is 2.36. The monoisotopic (exact) mass is 169 g/mol. The van der Waals surface area contributed by atoms with Crippen LogP contribution in [0, 0.1) is 0 Å². The highest BCUT2D eigenvalue weighted by Gasteiger charge is 2.04. The van der Waals surface area contributed by atoms with E-state index in [0.29, 0.717) is 18.9 Å². The smallest absolute Gasteiger partial charge is 0.210 e. The van der Waals surface area contributed by atoms with E-state index in [4.69, 9.17) is 0 Å². The lowest BCUT2D eigenvalue weighted by Gasteiger charge is -2.10.